The lowest BCUT2D eigenvalue weighted by molar-refractivity contribution is -0.384. The number of nitrogens with zero attached hydrogens (tertiary/aromatic N) is 1. The minimum Gasteiger partial charge on any atom is -0.459 e. The van der Waals surface area contributed by atoms with E-state index in [1.165, 1.54) is 18.2 Å². The average molecular weight is 312 g/mol. The van der Waals surface area contributed by atoms with E-state index in [0.717, 1.165) is 19.3 Å². The number of rotatable bonds is 3. The van der Waals surface area contributed by atoms with Crippen LogP contribution in [0.15, 0.2) is 18.2 Å². The predicted molar refractivity (Wildman–Crippen MR) is 79.5 cm³/mol. The normalized spacial score (nSPS) is 25.4. The molecule has 1 aliphatic rings. The Morgan fingerprint density at radius 1 is 1.29 bits per heavy atom. The highest BCUT2D eigenvalue weighted by Crippen LogP contribution is 2.31. The molecule has 114 valence electrons. The first-order valence-electron chi connectivity index (χ1n) is 7.01. The number of hydrogen-bond acceptors (Lipinski definition) is 4. The summed E-state index contributed by atoms with van der Waals surface area (Å²) in [6, 6.07) is 3.97. The SMILES string of the molecule is CC1CC(C)CC(OC(=O)c2ccc(Cl)c([N+](=O)[O-])c2)C1. The van der Waals surface area contributed by atoms with Crippen LogP contribution in [0.1, 0.15) is 43.5 Å². The molecule has 2 rings (SSSR count). The van der Waals surface area contributed by atoms with Crippen LogP contribution in [0.4, 0.5) is 5.69 Å². The summed E-state index contributed by atoms with van der Waals surface area (Å²) in [6.45, 7) is 4.28. The maximum absolute atomic E-state index is 12.1. The molecule has 0 amide bonds. The van der Waals surface area contributed by atoms with E-state index in [-0.39, 0.29) is 22.4 Å². The number of nitro groups is 1. The van der Waals surface area contributed by atoms with Gasteiger partial charge in [0.25, 0.3) is 5.69 Å². The lowest BCUT2D eigenvalue weighted by Gasteiger charge is -2.31. The van der Waals surface area contributed by atoms with Gasteiger partial charge in [0.15, 0.2) is 0 Å². The van der Waals surface area contributed by atoms with Gasteiger partial charge in [0.1, 0.15) is 11.1 Å². The molecule has 21 heavy (non-hydrogen) atoms. The Balaban J connectivity index is 2.10. The Labute approximate surface area is 128 Å². The van der Waals surface area contributed by atoms with Gasteiger partial charge in [-0.2, -0.15) is 0 Å². The number of esters is 1. The van der Waals surface area contributed by atoms with Gasteiger partial charge in [-0.3, -0.25) is 10.1 Å². The van der Waals surface area contributed by atoms with Crippen LogP contribution in [-0.4, -0.2) is 17.0 Å². The van der Waals surface area contributed by atoms with Gasteiger partial charge in [-0.1, -0.05) is 25.4 Å². The number of ether oxygens (including phenoxy) is 1. The van der Waals surface area contributed by atoms with Crippen LogP contribution < -0.4 is 0 Å². The van der Waals surface area contributed by atoms with E-state index in [1.807, 2.05) is 0 Å². The maximum Gasteiger partial charge on any atom is 0.338 e. The van der Waals surface area contributed by atoms with Crippen LogP contribution >= 0.6 is 11.6 Å². The van der Waals surface area contributed by atoms with Crippen LogP contribution in [0.5, 0.6) is 0 Å². The Bertz CT molecular complexity index is 551. The lowest BCUT2D eigenvalue weighted by Crippen LogP contribution is -2.28. The maximum atomic E-state index is 12.1. The Morgan fingerprint density at radius 3 is 2.48 bits per heavy atom. The van der Waals surface area contributed by atoms with Crippen molar-refractivity contribution in [2.24, 2.45) is 11.8 Å². The third kappa shape index (κ3) is 3.94. The summed E-state index contributed by atoms with van der Waals surface area (Å²) in [4.78, 5) is 22.4. The molecule has 5 nitrogen and oxygen atoms in total. The molecule has 2 atom stereocenters. The second-order valence-electron chi connectivity index (χ2n) is 5.87. The van der Waals surface area contributed by atoms with E-state index in [1.54, 1.807) is 0 Å². The molecule has 0 spiro atoms. The van der Waals surface area contributed by atoms with Crippen molar-refractivity contribution in [3.63, 3.8) is 0 Å². The van der Waals surface area contributed by atoms with E-state index >= 15 is 0 Å². The molecule has 6 heteroatoms. The molecule has 1 aliphatic carbocycles. The minimum atomic E-state index is -0.607. The smallest absolute Gasteiger partial charge is 0.338 e. The number of halogens is 1. The molecular weight excluding hydrogens is 294 g/mol. The molecule has 1 aromatic rings. The third-order valence-corrected chi connectivity index (χ3v) is 4.11. The van der Waals surface area contributed by atoms with Crippen molar-refractivity contribution in [3.8, 4) is 0 Å². The van der Waals surface area contributed by atoms with Crippen molar-refractivity contribution < 1.29 is 14.5 Å². The quantitative estimate of drug-likeness (QED) is 0.476. The van der Waals surface area contributed by atoms with Crippen molar-refractivity contribution >= 4 is 23.3 Å². The number of carbonyl (C=O) groups is 1. The van der Waals surface area contributed by atoms with Gasteiger partial charge >= 0.3 is 5.97 Å². The molecule has 0 aromatic heterocycles. The van der Waals surface area contributed by atoms with E-state index in [9.17, 15) is 14.9 Å². The van der Waals surface area contributed by atoms with Crippen LogP contribution in [0.25, 0.3) is 0 Å². The molecule has 0 radical (unpaired) electrons. The highest BCUT2D eigenvalue weighted by atomic mass is 35.5. The van der Waals surface area contributed by atoms with Crippen molar-refractivity contribution in [2.75, 3.05) is 0 Å². The molecular formula is C15H18ClNO4. The lowest BCUT2D eigenvalue weighted by atomic mass is 9.82. The van der Waals surface area contributed by atoms with Crippen LogP contribution in [0, 0.1) is 22.0 Å². The molecule has 1 fully saturated rings. The fourth-order valence-corrected chi connectivity index (χ4v) is 3.15. The molecule has 0 aliphatic heterocycles. The second kappa shape index (κ2) is 6.43. The zero-order valence-corrected chi connectivity index (χ0v) is 12.8. The van der Waals surface area contributed by atoms with Gasteiger partial charge in [-0.05, 0) is 43.2 Å². The van der Waals surface area contributed by atoms with E-state index < -0.39 is 10.9 Å². The summed E-state index contributed by atoms with van der Waals surface area (Å²) in [5.41, 5.74) is -0.117. The molecule has 1 aromatic carbocycles. The van der Waals surface area contributed by atoms with E-state index in [0.29, 0.717) is 11.8 Å². The number of benzene rings is 1. The number of nitro benzene ring substituents is 1. The van der Waals surface area contributed by atoms with E-state index in [4.69, 9.17) is 16.3 Å². The van der Waals surface area contributed by atoms with Crippen molar-refractivity contribution in [3.05, 3.63) is 38.9 Å². The predicted octanol–water partition coefficient (Wildman–Crippen LogP) is 4.23. The Hall–Kier alpha value is -1.62. The van der Waals surface area contributed by atoms with Crippen LogP contribution in [-0.2, 0) is 4.74 Å². The standard InChI is InChI=1S/C15H18ClNO4/c1-9-5-10(2)7-12(6-9)21-15(18)11-3-4-13(16)14(8-11)17(19)20/h3-4,8-10,12H,5-7H2,1-2H3. The fourth-order valence-electron chi connectivity index (χ4n) is 2.97. The summed E-state index contributed by atoms with van der Waals surface area (Å²) < 4.78 is 5.49. The Kier molecular flexibility index (Phi) is 4.83. The monoisotopic (exact) mass is 311 g/mol. The van der Waals surface area contributed by atoms with Gasteiger partial charge < -0.3 is 4.74 Å². The fraction of sp³-hybridized carbons (Fsp3) is 0.533. The van der Waals surface area contributed by atoms with Gasteiger partial charge in [0, 0.05) is 6.07 Å². The molecule has 0 saturated heterocycles. The first kappa shape index (κ1) is 15.8. The van der Waals surface area contributed by atoms with Gasteiger partial charge in [0.05, 0.1) is 10.5 Å². The molecule has 0 heterocycles. The first-order chi connectivity index (χ1) is 9.86. The van der Waals surface area contributed by atoms with Crippen LogP contribution in [0.3, 0.4) is 0 Å². The third-order valence-electron chi connectivity index (χ3n) is 3.79. The highest BCUT2D eigenvalue weighted by Gasteiger charge is 2.27. The molecule has 0 bridgehead atoms. The largest absolute Gasteiger partial charge is 0.459 e. The summed E-state index contributed by atoms with van der Waals surface area (Å²) in [6.07, 6.45) is 2.70. The number of hydrogen-bond donors (Lipinski definition) is 0. The summed E-state index contributed by atoms with van der Waals surface area (Å²) in [7, 11) is 0. The topological polar surface area (TPSA) is 69.4 Å². The summed E-state index contributed by atoms with van der Waals surface area (Å²) in [5.74, 6) is 0.512. The second-order valence-corrected chi connectivity index (χ2v) is 6.28. The summed E-state index contributed by atoms with van der Waals surface area (Å²) >= 11 is 5.73. The van der Waals surface area contributed by atoms with Crippen molar-refractivity contribution in [1.29, 1.82) is 0 Å². The van der Waals surface area contributed by atoms with Crippen LogP contribution in [0.2, 0.25) is 5.02 Å². The summed E-state index contributed by atoms with van der Waals surface area (Å²) in [5, 5.41) is 10.9. The Morgan fingerprint density at radius 2 is 1.90 bits per heavy atom. The first-order valence-corrected chi connectivity index (χ1v) is 7.39. The van der Waals surface area contributed by atoms with Crippen molar-refractivity contribution in [2.45, 2.75) is 39.2 Å². The van der Waals surface area contributed by atoms with Crippen molar-refractivity contribution in [1.82, 2.24) is 0 Å². The zero-order chi connectivity index (χ0) is 15.6. The molecule has 2 unspecified atom stereocenters. The average Bonchev–Trinajstić information content (AvgIpc) is 2.37. The van der Waals surface area contributed by atoms with Gasteiger partial charge in [0.2, 0.25) is 0 Å². The minimum absolute atomic E-state index is 0.0106. The zero-order valence-electron chi connectivity index (χ0n) is 12.0. The highest BCUT2D eigenvalue weighted by molar-refractivity contribution is 6.32. The number of carbonyl (C=O) groups excluding carboxylic acids is 1. The molecule has 0 N–H and O–H groups in total. The molecule has 1 saturated carbocycles. The van der Waals surface area contributed by atoms with Gasteiger partial charge in [-0.15, -0.1) is 0 Å². The van der Waals surface area contributed by atoms with Gasteiger partial charge in [-0.25, -0.2) is 4.79 Å². The van der Waals surface area contributed by atoms with E-state index in [2.05, 4.69) is 13.8 Å².